The van der Waals surface area contributed by atoms with Crippen LogP contribution in [0.5, 0.6) is 0 Å². The molecule has 112 valence electrons. The zero-order valence-corrected chi connectivity index (χ0v) is 11.2. The van der Waals surface area contributed by atoms with Crippen LogP contribution < -0.4 is 4.57 Å². The van der Waals surface area contributed by atoms with E-state index >= 15 is 0 Å². The van der Waals surface area contributed by atoms with Crippen molar-refractivity contribution in [3.63, 3.8) is 0 Å². The Kier molecular flexibility index (Phi) is 8.42. The molecule has 1 unspecified atom stereocenters. The van der Waals surface area contributed by atoms with Crippen molar-refractivity contribution in [2.75, 3.05) is 0 Å². The van der Waals surface area contributed by atoms with Crippen LogP contribution in [-0.2, 0) is 13.6 Å². The van der Waals surface area contributed by atoms with Gasteiger partial charge in [0.05, 0.1) is 19.8 Å². The Morgan fingerprint density at radius 2 is 1.74 bits per heavy atom. The van der Waals surface area contributed by atoms with Crippen LogP contribution >= 0.6 is 0 Å². The van der Waals surface area contributed by atoms with Gasteiger partial charge < -0.3 is 17.3 Å². The molecule has 1 aromatic heterocycles. The molecule has 0 amide bonds. The van der Waals surface area contributed by atoms with E-state index in [1.54, 1.807) is 6.92 Å². The normalized spacial score (nSPS) is 12.8. The fourth-order valence-corrected chi connectivity index (χ4v) is 1.53. The Morgan fingerprint density at radius 1 is 1.16 bits per heavy atom. The third-order valence-electron chi connectivity index (χ3n) is 2.34. The van der Waals surface area contributed by atoms with Gasteiger partial charge in [0, 0.05) is 0 Å². The van der Waals surface area contributed by atoms with E-state index in [1.165, 1.54) is 0 Å². The van der Waals surface area contributed by atoms with Gasteiger partial charge in [-0.05, 0) is 26.2 Å². The second-order valence-corrected chi connectivity index (χ2v) is 4.44. The first-order valence-corrected chi connectivity index (χ1v) is 6.21. The number of rotatable bonds is 6. The molecule has 0 fully saturated rings. The molecular weight excluding hydrogens is 266 g/mol. The monoisotopic (exact) mass is 286 g/mol. The molecule has 1 aromatic rings. The first-order chi connectivity index (χ1) is 8.68. The molecule has 0 aliphatic rings. The molecule has 0 spiro atoms. The molecule has 1 heterocycles. The fraction of sp³-hybridized carbons (Fsp3) is 0.727. The Labute approximate surface area is 110 Å². The van der Waals surface area contributed by atoms with Gasteiger partial charge in [-0.2, -0.15) is 0 Å². The molecule has 1 atom stereocenters. The lowest BCUT2D eigenvalue weighted by Gasteiger charge is -2.00. The number of halogens is 5. The maximum Gasteiger partial charge on any atom is 0.673 e. The smallest absolute Gasteiger partial charge is 0.418 e. The molecule has 19 heavy (non-hydrogen) atoms. The average Bonchev–Trinajstić information content (AvgIpc) is 2.61. The number of aromatic nitrogens is 2. The van der Waals surface area contributed by atoms with Crippen LogP contribution in [0.2, 0.25) is 0 Å². The molecule has 1 rings (SSSR count). The number of aryl methyl sites for hydroxylation is 2. The lowest BCUT2D eigenvalue weighted by Crippen LogP contribution is -2.23. The quantitative estimate of drug-likeness (QED) is 0.327. The third kappa shape index (κ3) is 14.9. The first kappa shape index (κ1) is 17.9. The second kappa shape index (κ2) is 8.93. The maximum absolute atomic E-state index is 12.4. The molecule has 0 bridgehead atoms. The van der Waals surface area contributed by atoms with Crippen LogP contribution in [0.25, 0.3) is 0 Å². The van der Waals surface area contributed by atoms with Gasteiger partial charge in [-0.1, -0.05) is 6.42 Å². The first-order valence-electron chi connectivity index (χ1n) is 6.21. The summed E-state index contributed by atoms with van der Waals surface area (Å²) in [7, 11) is -3.98. The van der Waals surface area contributed by atoms with E-state index in [-0.39, 0.29) is 0 Å². The lowest BCUT2D eigenvalue weighted by molar-refractivity contribution is -0.671. The van der Waals surface area contributed by atoms with Crippen LogP contribution in [0.1, 0.15) is 32.6 Å². The highest BCUT2D eigenvalue weighted by Gasteiger charge is 2.20. The Balaban J connectivity index is 0.000000555. The number of imidazole rings is 1. The van der Waals surface area contributed by atoms with Gasteiger partial charge in [0.25, 0.3) is 0 Å². The molecule has 0 aliphatic carbocycles. The number of unbranched alkanes of at least 4 members (excludes halogenated alkanes) is 2. The Hall–Kier alpha value is -1.08. The van der Waals surface area contributed by atoms with Crippen molar-refractivity contribution in [2.45, 2.75) is 45.3 Å². The Morgan fingerprint density at radius 3 is 2.16 bits per heavy atom. The summed E-state index contributed by atoms with van der Waals surface area (Å²) in [6.45, 7) is 2.67. The molecule has 0 radical (unpaired) electrons. The van der Waals surface area contributed by atoms with Crippen molar-refractivity contribution < 1.29 is 26.2 Å². The summed E-state index contributed by atoms with van der Waals surface area (Å²) in [6.07, 6.45) is 9.50. The summed E-state index contributed by atoms with van der Waals surface area (Å²) in [5, 5.41) is 0. The second-order valence-electron chi connectivity index (χ2n) is 4.44. The highest BCUT2D eigenvalue weighted by atomic mass is 19.5. The molecule has 2 nitrogen and oxygen atoms in total. The van der Waals surface area contributed by atoms with E-state index in [9.17, 15) is 21.7 Å². The van der Waals surface area contributed by atoms with E-state index < -0.39 is 13.4 Å². The molecule has 0 N–H and O–H groups in total. The van der Waals surface area contributed by atoms with Crippen molar-refractivity contribution in [2.24, 2.45) is 7.05 Å². The Bertz CT molecular complexity index is 332. The van der Waals surface area contributed by atoms with Crippen LogP contribution in [0.4, 0.5) is 21.7 Å². The van der Waals surface area contributed by atoms with Gasteiger partial charge in [0.2, 0.25) is 6.33 Å². The zero-order valence-electron chi connectivity index (χ0n) is 11.2. The standard InChI is InChI=1S/C11H20FN2.BF4/c1-11(12)6-4-3-5-7-14-9-8-13(2)10-14;2-1(3,4)5/h8-11H,3-7H2,1-2H3;/q+1;-1. The summed E-state index contributed by atoms with van der Waals surface area (Å²) in [5.74, 6) is 0. The average molecular weight is 286 g/mol. The topological polar surface area (TPSA) is 8.81 Å². The van der Waals surface area contributed by atoms with Crippen LogP contribution in [0, 0.1) is 0 Å². The predicted molar refractivity (Wildman–Crippen MR) is 64.8 cm³/mol. The van der Waals surface area contributed by atoms with Crippen molar-refractivity contribution in [1.82, 2.24) is 4.57 Å². The highest BCUT2D eigenvalue weighted by Crippen LogP contribution is 2.07. The van der Waals surface area contributed by atoms with Crippen molar-refractivity contribution >= 4 is 7.25 Å². The van der Waals surface area contributed by atoms with Gasteiger partial charge in [-0.25, -0.2) is 13.5 Å². The van der Waals surface area contributed by atoms with E-state index in [2.05, 4.69) is 17.1 Å². The number of nitrogens with zero attached hydrogens (tertiary/aromatic N) is 2. The molecule has 0 saturated heterocycles. The third-order valence-corrected chi connectivity index (χ3v) is 2.34. The molecule has 8 heteroatoms. The van der Waals surface area contributed by atoms with E-state index in [4.69, 9.17) is 0 Å². The van der Waals surface area contributed by atoms with Gasteiger partial charge in [-0.15, -0.1) is 0 Å². The maximum atomic E-state index is 12.4. The predicted octanol–water partition coefficient (Wildman–Crippen LogP) is 3.53. The van der Waals surface area contributed by atoms with Crippen molar-refractivity contribution in [3.05, 3.63) is 18.7 Å². The van der Waals surface area contributed by atoms with Crippen LogP contribution in [0.15, 0.2) is 18.7 Å². The van der Waals surface area contributed by atoms with Crippen LogP contribution in [-0.4, -0.2) is 18.0 Å². The highest BCUT2D eigenvalue weighted by molar-refractivity contribution is 6.50. The van der Waals surface area contributed by atoms with E-state index in [0.29, 0.717) is 6.42 Å². The van der Waals surface area contributed by atoms with E-state index in [1.807, 2.05) is 17.8 Å². The minimum atomic E-state index is -6.00. The zero-order chi connectivity index (χ0) is 14.9. The summed E-state index contributed by atoms with van der Waals surface area (Å²) >= 11 is 0. The number of alkyl halides is 1. The van der Waals surface area contributed by atoms with Gasteiger partial charge in [0.15, 0.2) is 0 Å². The molecular formula is C11H20BF5N2. The van der Waals surface area contributed by atoms with Gasteiger partial charge in [0.1, 0.15) is 12.4 Å². The number of hydrogen-bond acceptors (Lipinski definition) is 0. The van der Waals surface area contributed by atoms with Crippen molar-refractivity contribution in [3.8, 4) is 0 Å². The van der Waals surface area contributed by atoms with Crippen LogP contribution in [0.3, 0.4) is 0 Å². The van der Waals surface area contributed by atoms with Crippen molar-refractivity contribution in [1.29, 1.82) is 0 Å². The van der Waals surface area contributed by atoms with E-state index in [0.717, 1.165) is 25.8 Å². The molecule has 0 aromatic carbocycles. The van der Waals surface area contributed by atoms with Gasteiger partial charge >= 0.3 is 7.25 Å². The number of hydrogen-bond donors (Lipinski definition) is 0. The minimum absolute atomic E-state index is 0.639. The summed E-state index contributed by atoms with van der Waals surface area (Å²) in [5.41, 5.74) is 0. The molecule has 0 aliphatic heterocycles. The summed E-state index contributed by atoms with van der Waals surface area (Å²) in [4.78, 5) is 0. The largest absolute Gasteiger partial charge is 0.673 e. The SMILES string of the molecule is CC(F)CCCCCn1cc[n+](C)c1.F[B-](F)(F)F. The lowest BCUT2D eigenvalue weighted by atomic mass is 10.1. The van der Waals surface area contributed by atoms with Gasteiger partial charge in [-0.3, -0.25) is 0 Å². The minimum Gasteiger partial charge on any atom is -0.418 e. The molecule has 0 saturated carbocycles. The summed E-state index contributed by atoms with van der Waals surface area (Å²) in [6, 6.07) is 0. The fourth-order valence-electron chi connectivity index (χ4n) is 1.53. The summed E-state index contributed by atoms with van der Waals surface area (Å²) < 4.78 is 55.6.